The van der Waals surface area contributed by atoms with Crippen molar-refractivity contribution in [3.05, 3.63) is 116 Å². The molecule has 0 saturated carbocycles. The van der Waals surface area contributed by atoms with Gasteiger partial charge in [-0.1, -0.05) is 73.5 Å². The molecule has 1 aliphatic carbocycles. The van der Waals surface area contributed by atoms with E-state index in [1.54, 1.807) is 28.4 Å². The number of fused-ring (bicyclic) bond motifs is 8. The summed E-state index contributed by atoms with van der Waals surface area (Å²) in [7, 11) is 4.17. The van der Waals surface area contributed by atoms with E-state index in [2.05, 4.69) is 60.7 Å². The van der Waals surface area contributed by atoms with Crippen LogP contribution in [0.2, 0.25) is 12.6 Å². The molecule has 48 heavy (non-hydrogen) atoms. The summed E-state index contributed by atoms with van der Waals surface area (Å²) in [5.74, 6) is 3.26. The second kappa shape index (κ2) is 16.4. The number of benzene rings is 4. The Hall–Kier alpha value is -3.95. The van der Waals surface area contributed by atoms with Crippen molar-refractivity contribution >= 4 is 14.2 Å². The lowest BCUT2D eigenvalue weighted by Crippen LogP contribution is -2.10. The largest absolute Gasteiger partial charge is 0.496 e. The van der Waals surface area contributed by atoms with Crippen molar-refractivity contribution in [2.24, 2.45) is 0 Å². The summed E-state index contributed by atoms with van der Waals surface area (Å²) in [6.45, 7) is 0. The lowest BCUT2D eigenvalue weighted by atomic mass is 9.82. The summed E-state index contributed by atoms with van der Waals surface area (Å²) in [5.41, 5.74) is 10.4. The van der Waals surface area contributed by atoms with Crippen molar-refractivity contribution in [2.75, 3.05) is 28.4 Å². The quantitative estimate of drug-likeness (QED) is 0.136. The van der Waals surface area contributed by atoms with E-state index in [9.17, 15) is 20.1 Å². The third-order valence-corrected chi connectivity index (χ3v) is 9.16. The minimum atomic E-state index is -1.33. The average Bonchev–Trinajstić information content (AvgIpc) is 3.04. The Morgan fingerprint density at radius 2 is 0.729 bits per heavy atom. The summed E-state index contributed by atoms with van der Waals surface area (Å²) in [5, 5.41) is 37.9. The van der Waals surface area contributed by atoms with Crippen LogP contribution in [-0.2, 0) is 38.5 Å². The number of methoxy groups -OCH3 is 4. The van der Waals surface area contributed by atoms with E-state index in [1.807, 2.05) is 0 Å². The van der Waals surface area contributed by atoms with Gasteiger partial charge in [0.2, 0.25) is 0 Å². The van der Waals surface area contributed by atoms with Gasteiger partial charge in [-0.05, 0) is 81.1 Å². The Bertz CT molecular complexity index is 1490. The maximum atomic E-state index is 9.49. The van der Waals surface area contributed by atoms with Crippen LogP contribution < -0.4 is 18.9 Å². The number of rotatable bonds is 12. The molecule has 8 nitrogen and oxygen atoms in total. The zero-order valence-corrected chi connectivity index (χ0v) is 28.4. The fourth-order valence-electron chi connectivity index (χ4n) is 7.15. The monoisotopic (exact) mass is 652 g/mol. The molecule has 0 heterocycles. The van der Waals surface area contributed by atoms with E-state index in [1.165, 1.54) is 0 Å². The topological polar surface area (TPSA) is 118 Å². The molecule has 0 fully saturated rings. The average molecular weight is 652 g/mol. The molecule has 8 bridgehead atoms. The maximum absolute atomic E-state index is 9.49. The summed E-state index contributed by atoms with van der Waals surface area (Å²) >= 11 is 0. The van der Waals surface area contributed by atoms with Gasteiger partial charge in [0.05, 0.1) is 28.4 Å². The third kappa shape index (κ3) is 8.36. The van der Waals surface area contributed by atoms with Crippen molar-refractivity contribution in [3.8, 4) is 23.0 Å². The first kappa shape index (κ1) is 35.4. The number of aryl methyl sites for hydroxylation is 2. The second-order valence-corrected chi connectivity index (χ2v) is 12.6. The standard InChI is InChI=1S/C38H46B2O8/c1-45-35-27-11-5-12-28(35)22-32-18-26(10-8-16-40(43)44)20-34(38(32)48-4)24-30-14-6-13-29(36(30)46-2)23-33-19-25(9-7-15-39(41)42)17-31(21-27)37(33)47-3/h5-6,11-14,17-20,41-44H,7-10,15-16,21-24H2,1-4H3. The Morgan fingerprint density at radius 1 is 0.458 bits per heavy atom. The van der Waals surface area contributed by atoms with Gasteiger partial charge in [-0.25, -0.2) is 0 Å². The summed E-state index contributed by atoms with van der Waals surface area (Å²) in [4.78, 5) is 0. The Morgan fingerprint density at radius 3 is 0.979 bits per heavy atom. The highest BCUT2D eigenvalue weighted by molar-refractivity contribution is 6.41. The van der Waals surface area contributed by atoms with Gasteiger partial charge in [-0.3, -0.25) is 0 Å². The molecule has 0 unspecified atom stereocenters. The number of ether oxygens (including phenoxy) is 4. The fourth-order valence-corrected chi connectivity index (χ4v) is 7.15. The zero-order valence-electron chi connectivity index (χ0n) is 28.4. The van der Waals surface area contributed by atoms with Crippen molar-refractivity contribution in [2.45, 2.75) is 64.0 Å². The van der Waals surface area contributed by atoms with Crippen LogP contribution in [0.3, 0.4) is 0 Å². The Kier molecular flexibility index (Phi) is 12.1. The first-order valence-corrected chi connectivity index (χ1v) is 16.6. The molecule has 4 N–H and O–H groups in total. The van der Waals surface area contributed by atoms with Crippen molar-refractivity contribution in [1.82, 2.24) is 0 Å². The van der Waals surface area contributed by atoms with Crippen LogP contribution in [0.25, 0.3) is 0 Å². The lowest BCUT2D eigenvalue weighted by Gasteiger charge is -2.22. The molecule has 1 aliphatic rings. The Labute approximate surface area is 284 Å². The minimum absolute atomic E-state index is 0.303. The van der Waals surface area contributed by atoms with E-state index < -0.39 is 14.2 Å². The second-order valence-electron chi connectivity index (χ2n) is 12.6. The predicted molar refractivity (Wildman–Crippen MR) is 190 cm³/mol. The summed E-state index contributed by atoms with van der Waals surface area (Å²) in [6.07, 6.45) is 5.59. The van der Waals surface area contributed by atoms with E-state index >= 15 is 0 Å². The molecule has 0 atom stereocenters. The molecular formula is C38H46B2O8. The number of para-hydroxylation sites is 2. The van der Waals surface area contributed by atoms with Crippen LogP contribution in [0.4, 0.5) is 0 Å². The van der Waals surface area contributed by atoms with Crippen LogP contribution in [0, 0.1) is 0 Å². The van der Waals surface area contributed by atoms with Crippen molar-refractivity contribution < 1.29 is 39.0 Å². The van der Waals surface area contributed by atoms with Crippen molar-refractivity contribution in [3.63, 3.8) is 0 Å². The van der Waals surface area contributed by atoms with Crippen LogP contribution in [0.15, 0.2) is 60.7 Å². The summed E-state index contributed by atoms with van der Waals surface area (Å²) < 4.78 is 24.5. The molecule has 252 valence electrons. The predicted octanol–water partition coefficient (Wildman–Crippen LogP) is 5.21. The van der Waals surface area contributed by atoms with Crippen LogP contribution in [0.5, 0.6) is 23.0 Å². The van der Waals surface area contributed by atoms with E-state index in [4.69, 9.17) is 18.9 Å². The molecular weight excluding hydrogens is 606 g/mol. The van der Waals surface area contributed by atoms with Gasteiger partial charge >= 0.3 is 14.2 Å². The molecule has 0 aliphatic heterocycles. The highest BCUT2D eigenvalue weighted by Crippen LogP contribution is 2.39. The molecule has 5 rings (SSSR count). The van der Waals surface area contributed by atoms with Gasteiger partial charge in [0.25, 0.3) is 0 Å². The highest BCUT2D eigenvalue weighted by atomic mass is 16.5. The number of hydrogen-bond donors (Lipinski definition) is 4. The molecule has 0 aromatic heterocycles. The smallest absolute Gasteiger partial charge is 0.451 e. The van der Waals surface area contributed by atoms with Gasteiger partial charge in [-0.15, -0.1) is 0 Å². The maximum Gasteiger partial charge on any atom is 0.451 e. The normalized spacial score (nSPS) is 12.3. The minimum Gasteiger partial charge on any atom is -0.496 e. The first-order valence-electron chi connectivity index (χ1n) is 16.6. The molecule has 4 aromatic rings. The molecule has 10 heteroatoms. The third-order valence-electron chi connectivity index (χ3n) is 9.16. The highest BCUT2D eigenvalue weighted by Gasteiger charge is 2.22. The molecule has 0 radical (unpaired) electrons. The Balaban J connectivity index is 1.72. The van der Waals surface area contributed by atoms with E-state index in [-0.39, 0.29) is 0 Å². The SMILES string of the molecule is COc1c2cccc1Cc1cc(CCCB(O)O)cc(c1OC)Cc1cccc(c1OC)Cc1cc(CCCB(O)O)cc(c1OC)C2. The fraction of sp³-hybridized carbons (Fsp3) is 0.368. The molecule has 0 spiro atoms. The van der Waals surface area contributed by atoms with Gasteiger partial charge in [0, 0.05) is 25.7 Å². The molecule has 0 amide bonds. The van der Waals surface area contributed by atoms with Gasteiger partial charge in [-0.2, -0.15) is 0 Å². The van der Waals surface area contributed by atoms with Gasteiger partial charge in [0.15, 0.2) is 0 Å². The van der Waals surface area contributed by atoms with Gasteiger partial charge < -0.3 is 39.0 Å². The summed E-state index contributed by atoms with van der Waals surface area (Å²) in [6, 6.07) is 21.1. The lowest BCUT2D eigenvalue weighted by molar-refractivity contribution is 0.395. The van der Waals surface area contributed by atoms with Gasteiger partial charge in [0.1, 0.15) is 23.0 Å². The van der Waals surface area contributed by atoms with Crippen LogP contribution >= 0.6 is 0 Å². The first-order chi connectivity index (χ1) is 23.2. The van der Waals surface area contributed by atoms with Crippen LogP contribution in [0.1, 0.15) is 68.5 Å². The van der Waals surface area contributed by atoms with E-state index in [0.717, 1.165) is 78.6 Å². The van der Waals surface area contributed by atoms with Crippen LogP contribution in [-0.4, -0.2) is 62.8 Å². The molecule has 4 aromatic carbocycles. The van der Waals surface area contributed by atoms with Crippen molar-refractivity contribution in [1.29, 1.82) is 0 Å². The van der Waals surface area contributed by atoms with E-state index in [0.29, 0.717) is 64.0 Å². The molecule has 0 saturated heterocycles. The zero-order chi connectivity index (χ0) is 34.2. The number of hydrogen-bond acceptors (Lipinski definition) is 8.